The van der Waals surface area contributed by atoms with Gasteiger partial charge >= 0.3 is 5.82 Å². The van der Waals surface area contributed by atoms with E-state index in [1.807, 2.05) is 0 Å². The summed E-state index contributed by atoms with van der Waals surface area (Å²) in [5.41, 5.74) is 1.41. The second-order valence-electron chi connectivity index (χ2n) is 2.94. The van der Waals surface area contributed by atoms with Crippen LogP contribution in [-0.4, -0.2) is 9.97 Å². The fraction of sp³-hybridized carbons (Fsp3) is 0.100. The highest BCUT2D eigenvalue weighted by atomic mass is 16.5. The van der Waals surface area contributed by atoms with Gasteiger partial charge in [-0.05, 0) is 24.0 Å². The summed E-state index contributed by atoms with van der Waals surface area (Å²) in [6.07, 6.45) is 4.90. The van der Waals surface area contributed by atoms with Gasteiger partial charge in [-0.2, -0.15) is 0 Å². The van der Waals surface area contributed by atoms with E-state index >= 15 is 0 Å². The van der Waals surface area contributed by atoms with Crippen LogP contribution in [0.15, 0.2) is 36.8 Å². The van der Waals surface area contributed by atoms with Gasteiger partial charge in [0.2, 0.25) is 0 Å². The van der Waals surface area contributed by atoms with Gasteiger partial charge in [-0.3, -0.25) is 4.98 Å². The molecule has 0 aromatic carbocycles. The first-order chi connectivity index (χ1) is 6.79. The molecule has 0 N–H and O–H groups in total. The smallest absolute Gasteiger partial charge is 0.333 e. The zero-order chi connectivity index (χ0) is 9.97. The molecule has 0 atom stereocenters. The zero-order valence-corrected chi connectivity index (χ0v) is 7.71. The van der Waals surface area contributed by atoms with Crippen LogP contribution < -0.4 is 4.73 Å². The van der Waals surface area contributed by atoms with E-state index in [9.17, 15) is 5.21 Å². The molecule has 2 heterocycles. The summed E-state index contributed by atoms with van der Waals surface area (Å²) in [7, 11) is 0. The van der Waals surface area contributed by atoms with E-state index in [1.165, 1.54) is 0 Å². The SMILES string of the molecule is Cc1ccnc(-c2ccncc2)[n+]1[O-]. The molecule has 0 aliphatic heterocycles. The van der Waals surface area contributed by atoms with Crippen molar-refractivity contribution in [3.8, 4) is 11.4 Å². The second-order valence-corrected chi connectivity index (χ2v) is 2.94. The maximum Gasteiger partial charge on any atom is 0.333 e. The summed E-state index contributed by atoms with van der Waals surface area (Å²) in [5.74, 6) is 0.410. The summed E-state index contributed by atoms with van der Waals surface area (Å²) >= 11 is 0. The summed E-state index contributed by atoms with van der Waals surface area (Å²) in [5, 5.41) is 11.6. The Balaban J connectivity index is 2.58. The second kappa shape index (κ2) is 3.41. The van der Waals surface area contributed by atoms with Crippen molar-refractivity contribution in [2.75, 3.05) is 0 Å². The van der Waals surface area contributed by atoms with E-state index in [0.717, 1.165) is 10.3 Å². The molecule has 0 bridgehead atoms. The largest absolute Gasteiger partial charge is 0.710 e. The monoisotopic (exact) mass is 187 g/mol. The molecular weight excluding hydrogens is 178 g/mol. The van der Waals surface area contributed by atoms with Crippen LogP contribution in [0.5, 0.6) is 0 Å². The van der Waals surface area contributed by atoms with Crippen LogP contribution in [0.3, 0.4) is 0 Å². The standard InChI is InChI=1S/C10H9N3O/c1-8-2-7-12-10(13(8)14)9-3-5-11-6-4-9/h2-7H,1H3. The van der Waals surface area contributed by atoms with Crippen molar-refractivity contribution < 1.29 is 4.73 Å². The van der Waals surface area contributed by atoms with Crippen LogP contribution in [0, 0.1) is 12.1 Å². The Kier molecular flexibility index (Phi) is 2.10. The molecule has 4 nitrogen and oxygen atoms in total. The fourth-order valence-electron chi connectivity index (χ4n) is 1.20. The Morgan fingerprint density at radius 1 is 1.14 bits per heavy atom. The van der Waals surface area contributed by atoms with Crippen molar-refractivity contribution in [1.82, 2.24) is 9.97 Å². The summed E-state index contributed by atoms with van der Waals surface area (Å²) in [4.78, 5) is 7.92. The van der Waals surface area contributed by atoms with Crippen LogP contribution in [0.25, 0.3) is 11.4 Å². The van der Waals surface area contributed by atoms with Crippen molar-refractivity contribution in [2.45, 2.75) is 6.92 Å². The highest BCUT2D eigenvalue weighted by Gasteiger charge is 2.10. The molecule has 0 spiro atoms. The molecule has 0 unspecified atom stereocenters. The molecule has 0 aliphatic carbocycles. The normalized spacial score (nSPS) is 10.1. The first-order valence-electron chi connectivity index (χ1n) is 4.24. The van der Waals surface area contributed by atoms with E-state index in [4.69, 9.17) is 0 Å². The Bertz CT molecular complexity index is 442. The molecule has 2 aromatic rings. The van der Waals surface area contributed by atoms with Gasteiger partial charge in [0.25, 0.3) is 0 Å². The predicted molar refractivity (Wildman–Crippen MR) is 51.2 cm³/mol. The van der Waals surface area contributed by atoms with Gasteiger partial charge < -0.3 is 5.21 Å². The minimum atomic E-state index is 0.410. The highest BCUT2D eigenvalue weighted by Crippen LogP contribution is 2.10. The van der Waals surface area contributed by atoms with Crippen LogP contribution in [0.1, 0.15) is 5.69 Å². The maximum atomic E-state index is 11.6. The Morgan fingerprint density at radius 3 is 2.57 bits per heavy atom. The molecule has 0 aliphatic rings. The predicted octanol–water partition coefficient (Wildman–Crippen LogP) is 1.09. The molecule has 70 valence electrons. The van der Waals surface area contributed by atoms with Crippen LogP contribution >= 0.6 is 0 Å². The Morgan fingerprint density at radius 2 is 1.86 bits per heavy atom. The zero-order valence-electron chi connectivity index (χ0n) is 7.71. The summed E-state index contributed by atoms with van der Waals surface area (Å²) < 4.78 is 0.815. The van der Waals surface area contributed by atoms with Crippen molar-refractivity contribution in [1.29, 1.82) is 0 Å². The first kappa shape index (κ1) is 8.62. The molecular formula is C10H9N3O. The molecule has 14 heavy (non-hydrogen) atoms. The highest BCUT2D eigenvalue weighted by molar-refractivity contribution is 5.50. The maximum absolute atomic E-state index is 11.6. The van der Waals surface area contributed by atoms with E-state index in [1.54, 1.807) is 43.7 Å². The van der Waals surface area contributed by atoms with Crippen molar-refractivity contribution in [3.63, 3.8) is 0 Å². The molecule has 0 saturated heterocycles. The van der Waals surface area contributed by atoms with E-state index in [2.05, 4.69) is 9.97 Å². The Hall–Kier alpha value is -1.97. The lowest BCUT2D eigenvalue weighted by atomic mass is 10.2. The third kappa shape index (κ3) is 1.42. The van der Waals surface area contributed by atoms with Gasteiger partial charge in [0.05, 0.1) is 5.56 Å². The fourth-order valence-corrected chi connectivity index (χ4v) is 1.20. The lowest BCUT2D eigenvalue weighted by molar-refractivity contribution is -0.603. The van der Waals surface area contributed by atoms with E-state index < -0.39 is 0 Å². The number of hydrogen-bond acceptors (Lipinski definition) is 3. The topological polar surface area (TPSA) is 52.7 Å². The summed E-state index contributed by atoms with van der Waals surface area (Å²) in [6, 6.07) is 5.20. The van der Waals surface area contributed by atoms with E-state index in [-0.39, 0.29) is 0 Å². The molecule has 0 fully saturated rings. The molecule has 2 rings (SSSR count). The molecule has 0 amide bonds. The number of nitrogens with zero attached hydrogens (tertiary/aromatic N) is 3. The minimum Gasteiger partial charge on any atom is -0.710 e. The van der Waals surface area contributed by atoms with Gasteiger partial charge in [-0.15, -0.1) is 0 Å². The van der Waals surface area contributed by atoms with Gasteiger partial charge in [0, 0.05) is 18.5 Å². The summed E-state index contributed by atoms with van der Waals surface area (Å²) in [6.45, 7) is 1.75. The van der Waals surface area contributed by atoms with Crippen molar-refractivity contribution >= 4 is 0 Å². The van der Waals surface area contributed by atoms with Crippen molar-refractivity contribution in [2.24, 2.45) is 0 Å². The van der Waals surface area contributed by atoms with Gasteiger partial charge in [-0.25, -0.2) is 4.73 Å². The van der Waals surface area contributed by atoms with Crippen LogP contribution in [0.2, 0.25) is 0 Å². The average Bonchev–Trinajstić information content (AvgIpc) is 2.23. The lowest BCUT2D eigenvalue weighted by Crippen LogP contribution is -2.33. The van der Waals surface area contributed by atoms with Crippen LogP contribution in [-0.2, 0) is 0 Å². The third-order valence-corrected chi connectivity index (χ3v) is 1.96. The average molecular weight is 187 g/mol. The first-order valence-corrected chi connectivity index (χ1v) is 4.24. The lowest BCUT2D eigenvalue weighted by Gasteiger charge is -2.07. The van der Waals surface area contributed by atoms with Gasteiger partial charge in [0.1, 0.15) is 11.9 Å². The van der Waals surface area contributed by atoms with Crippen molar-refractivity contribution in [3.05, 3.63) is 47.7 Å². The molecule has 2 aromatic heterocycles. The quantitative estimate of drug-likeness (QED) is 0.496. The Labute approximate surface area is 81.5 Å². The molecule has 0 radical (unpaired) electrons. The third-order valence-electron chi connectivity index (χ3n) is 1.96. The van der Waals surface area contributed by atoms with Gasteiger partial charge in [0.15, 0.2) is 0 Å². The molecule has 4 heteroatoms. The van der Waals surface area contributed by atoms with Gasteiger partial charge in [-0.1, -0.05) is 0 Å². The van der Waals surface area contributed by atoms with Crippen LogP contribution in [0.4, 0.5) is 0 Å². The van der Waals surface area contributed by atoms with E-state index in [0.29, 0.717) is 11.5 Å². The number of pyridine rings is 1. The number of aryl methyl sites for hydroxylation is 1. The number of hydrogen-bond donors (Lipinski definition) is 0. The number of aromatic nitrogens is 3. The number of rotatable bonds is 1. The minimum absolute atomic E-state index is 0.410. The molecule has 0 saturated carbocycles.